The van der Waals surface area contributed by atoms with Gasteiger partial charge in [0.1, 0.15) is 5.82 Å². The molecule has 0 saturated carbocycles. The third-order valence-corrected chi connectivity index (χ3v) is 2.81. The van der Waals surface area contributed by atoms with Gasteiger partial charge in [-0.05, 0) is 19.4 Å². The third kappa shape index (κ3) is 2.50. The fourth-order valence-corrected chi connectivity index (χ4v) is 1.91. The van der Waals surface area contributed by atoms with Crippen molar-refractivity contribution in [2.45, 2.75) is 20.3 Å². The van der Waals surface area contributed by atoms with Gasteiger partial charge in [-0.15, -0.1) is 0 Å². The van der Waals surface area contributed by atoms with Gasteiger partial charge in [-0.3, -0.25) is 0 Å². The number of hydrogen-bond donors (Lipinski definition) is 1. The predicted octanol–water partition coefficient (Wildman–Crippen LogP) is 1.89. The summed E-state index contributed by atoms with van der Waals surface area (Å²) in [4.78, 5) is 4.53. The highest BCUT2D eigenvalue weighted by atomic mass is 19.1. The molecule has 1 rings (SSSR count). The van der Waals surface area contributed by atoms with E-state index in [-0.39, 0.29) is 5.82 Å². The number of nitrogens with two attached hydrogens (primary N) is 1. The first kappa shape index (κ1) is 13.7. The maximum atomic E-state index is 14.0. The lowest BCUT2D eigenvalue weighted by atomic mass is 9.99. The number of rotatable bonds is 5. The lowest BCUT2D eigenvalue weighted by Crippen LogP contribution is -2.09. The highest BCUT2D eigenvalue weighted by Gasteiger charge is 2.20. The topological polar surface area (TPSA) is 53.7 Å². The van der Waals surface area contributed by atoms with Crippen LogP contribution in [0.15, 0.2) is 0 Å². The van der Waals surface area contributed by atoms with Gasteiger partial charge < -0.3 is 14.3 Å². The zero-order chi connectivity index (χ0) is 13.0. The Hall–Kier alpha value is -1.33. The number of halogens is 1. The molecule has 1 aromatic carbocycles. The van der Waals surface area contributed by atoms with E-state index in [0.29, 0.717) is 35.7 Å². The first-order valence-corrected chi connectivity index (χ1v) is 5.29. The Kier molecular flexibility index (Phi) is 4.72. The summed E-state index contributed by atoms with van der Waals surface area (Å²) >= 11 is 0. The molecule has 4 nitrogen and oxygen atoms in total. The Morgan fingerprint density at radius 1 is 1.06 bits per heavy atom. The van der Waals surface area contributed by atoms with Crippen LogP contribution in [-0.2, 0) is 11.3 Å². The molecule has 0 heterocycles. The Morgan fingerprint density at radius 2 is 1.65 bits per heavy atom. The van der Waals surface area contributed by atoms with E-state index in [2.05, 4.69) is 4.84 Å². The van der Waals surface area contributed by atoms with Gasteiger partial charge >= 0.3 is 0 Å². The summed E-state index contributed by atoms with van der Waals surface area (Å²) in [5.74, 6) is 5.67. The smallest absolute Gasteiger partial charge is 0.166 e. The summed E-state index contributed by atoms with van der Waals surface area (Å²) in [5, 5.41) is 0. The normalized spacial score (nSPS) is 10.5. The summed E-state index contributed by atoms with van der Waals surface area (Å²) in [6.45, 7) is 3.66. The fraction of sp³-hybridized carbons (Fsp3) is 0.500. The Morgan fingerprint density at radius 3 is 2.12 bits per heavy atom. The van der Waals surface area contributed by atoms with Crippen molar-refractivity contribution < 1.29 is 18.7 Å². The van der Waals surface area contributed by atoms with Crippen LogP contribution in [-0.4, -0.2) is 20.8 Å². The van der Waals surface area contributed by atoms with Gasteiger partial charge in [0.25, 0.3) is 0 Å². The van der Waals surface area contributed by atoms with Crippen molar-refractivity contribution in [3.63, 3.8) is 0 Å². The van der Waals surface area contributed by atoms with Crippen LogP contribution in [0.1, 0.15) is 16.7 Å². The molecule has 0 radical (unpaired) electrons. The van der Waals surface area contributed by atoms with Gasteiger partial charge in [-0.2, -0.15) is 0 Å². The van der Waals surface area contributed by atoms with E-state index in [4.69, 9.17) is 15.4 Å². The molecule has 0 spiro atoms. The zero-order valence-electron chi connectivity index (χ0n) is 10.6. The summed E-state index contributed by atoms with van der Waals surface area (Å²) < 4.78 is 24.5. The maximum absolute atomic E-state index is 14.0. The molecule has 0 aromatic heterocycles. The molecule has 17 heavy (non-hydrogen) atoms. The number of benzene rings is 1. The van der Waals surface area contributed by atoms with E-state index >= 15 is 0 Å². The van der Waals surface area contributed by atoms with Gasteiger partial charge in [0.2, 0.25) is 0 Å². The molecular weight excluding hydrogens is 225 g/mol. The van der Waals surface area contributed by atoms with Crippen LogP contribution in [0.5, 0.6) is 11.5 Å². The van der Waals surface area contributed by atoms with Crippen LogP contribution in [0.4, 0.5) is 4.39 Å². The van der Waals surface area contributed by atoms with Crippen molar-refractivity contribution >= 4 is 0 Å². The van der Waals surface area contributed by atoms with Crippen LogP contribution in [0.2, 0.25) is 0 Å². The molecule has 5 heteroatoms. The Balaban J connectivity index is 3.39. The first-order valence-electron chi connectivity index (χ1n) is 5.29. The molecule has 0 aliphatic carbocycles. The van der Waals surface area contributed by atoms with Crippen molar-refractivity contribution in [1.82, 2.24) is 0 Å². The molecule has 96 valence electrons. The maximum Gasteiger partial charge on any atom is 0.166 e. The quantitative estimate of drug-likeness (QED) is 0.802. The van der Waals surface area contributed by atoms with Gasteiger partial charge in [0.05, 0.1) is 20.8 Å². The largest absolute Gasteiger partial charge is 0.493 e. The van der Waals surface area contributed by atoms with E-state index in [1.165, 1.54) is 14.2 Å². The molecule has 0 aliphatic rings. The van der Waals surface area contributed by atoms with E-state index < -0.39 is 0 Å². The predicted molar refractivity (Wildman–Crippen MR) is 62.8 cm³/mol. The van der Waals surface area contributed by atoms with Crippen molar-refractivity contribution in [2.24, 2.45) is 5.90 Å². The van der Waals surface area contributed by atoms with Gasteiger partial charge in [0, 0.05) is 17.5 Å². The Labute approximate surface area is 100 Å². The molecule has 1 aromatic rings. The summed E-state index contributed by atoms with van der Waals surface area (Å²) in [7, 11) is 3.02. The lowest BCUT2D eigenvalue weighted by Gasteiger charge is -2.18. The molecule has 0 atom stereocenters. The van der Waals surface area contributed by atoms with Gasteiger partial charge in [-0.25, -0.2) is 10.3 Å². The van der Waals surface area contributed by atoms with Crippen molar-refractivity contribution in [1.29, 1.82) is 0 Å². The molecule has 0 amide bonds. The highest BCUT2D eigenvalue weighted by molar-refractivity contribution is 5.55. The average molecular weight is 243 g/mol. The second-order valence-electron chi connectivity index (χ2n) is 3.73. The molecule has 0 aliphatic heterocycles. The van der Waals surface area contributed by atoms with Crippen LogP contribution >= 0.6 is 0 Å². The van der Waals surface area contributed by atoms with Crippen molar-refractivity contribution in [3.8, 4) is 11.5 Å². The second kappa shape index (κ2) is 5.84. The van der Waals surface area contributed by atoms with Crippen molar-refractivity contribution in [3.05, 3.63) is 22.5 Å². The standard InChI is InChI=1S/C12H18FNO3/c1-7-9(5-6-17-14)12(16-4)11(15-3)8(2)10(7)13/h5-6,14H2,1-4H3. The molecule has 0 unspecified atom stereocenters. The van der Waals surface area contributed by atoms with Crippen LogP contribution in [0, 0.1) is 19.7 Å². The van der Waals surface area contributed by atoms with Crippen LogP contribution in [0.3, 0.4) is 0 Å². The fourth-order valence-electron chi connectivity index (χ4n) is 1.91. The highest BCUT2D eigenvalue weighted by Crippen LogP contribution is 2.38. The molecule has 0 fully saturated rings. The summed E-state index contributed by atoms with van der Waals surface area (Å²) in [5.41, 5.74) is 1.70. The summed E-state index contributed by atoms with van der Waals surface area (Å²) in [6, 6.07) is 0. The average Bonchev–Trinajstić information content (AvgIpc) is 2.34. The first-order chi connectivity index (χ1) is 8.08. The van der Waals surface area contributed by atoms with Gasteiger partial charge in [-0.1, -0.05) is 0 Å². The van der Waals surface area contributed by atoms with E-state index in [9.17, 15) is 4.39 Å². The summed E-state index contributed by atoms with van der Waals surface area (Å²) in [6.07, 6.45) is 0.471. The minimum Gasteiger partial charge on any atom is -0.493 e. The minimum atomic E-state index is -0.283. The minimum absolute atomic E-state index is 0.283. The zero-order valence-corrected chi connectivity index (χ0v) is 10.6. The van der Waals surface area contributed by atoms with E-state index in [0.717, 1.165) is 5.56 Å². The Bertz CT molecular complexity index is 407. The molecule has 2 N–H and O–H groups in total. The number of hydrogen-bond acceptors (Lipinski definition) is 4. The van der Waals surface area contributed by atoms with Crippen molar-refractivity contribution in [2.75, 3.05) is 20.8 Å². The number of methoxy groups -OCH3 is 2. The SMILES string of the molecule is COc1c(C)c(F)c(C)c(CCON)c1OC. The number of ether oxygens (including phenoxy) is 2. The molecular formula is C12H18FNO3. The lowest BCUT2D eigenvalue weighted by molar-refractivity contribution is 0.140. The van der Waals surface area contributed by atoms with Crippen LogP contribution in [0.25, 0.3) is 0 Å². The molecule has 0 saturated heterocycles. The van der Waals surface area contributed by atoms with Crippen LogP contribution < -0.4 is 15.4 Å². The van der Waals surface area contributed by atoms with E-state index in [1.54, 1.807) is 13.8 Å². The second-order valence-corrected chi connectivity index (χ2v) is 3.73. The van der Waals surface area contributed by atoms with Gasteiger partial charge in [0.15, 0.2) is 11.5 Å². The molecule has 0 bridgehead atoms. The monoisotopic (exact) mass is 243 g/mol. The third-order valence-electron chi connectivity index (χ3n) is 2.81. The van der Waals surface area contributed by atoms with E-state index in [1.807, 2.05) is 0 Å².